The Balaban J connectivity index is 1.44. The maximum Gasteiger partial charge on any atom is 0.269 e. The van der Waals surface area contributed by atoms with Gasteiger partial charge in [0, 0.05) is 18.7 Å². The van der Waals surface area contributed by atoms with Gasteiger partial charge in [-0.25, -0.2) is 4.98 Å². The molecule has 0 spiro atoms. The smallest absolute Gasteiger partial charge is 0.269 e. The minimum atomic E-state index is -0.0508. The van der Waals surface area contributed by atoms with Crippen molar-refractivity contribution in [2.24, 2.45) is 0 Å². The van der Waals surface area contributed by atoms with Crippen molar-refractivity contribution in [3.63, 3.8) is 0 Å². The molecule has 23 heavy (non-hydrogen) atoms. The number of aryl methyl sites for hydroxylation is 3. The van der Waals surface area contributed by atoms with Gasteiger partial charge in [0.25, 0.3) is 5.91 Å². The van der Waals surface area contributed by atoms with Crippen LogP contribution in [0.3, 0.4) is 0 Å². The standard InChI is InChI=1S/C18H22N4O/c23-18(16-12-19-17-7-3-4-10-22(16)17)20-11-14-9-8-13-5-1-2-6-15(13)21-14/h8-9,12H,1-7,10-11H2,(H,20,23). The Kier molecular flexibility index (Phi) is 3.85. The predicted molar refractivity (Wildman–Crippen MR) is 87.2 cm³/mol. The first-order chi connectivity index (χ1) is 11.3. The van der Waals surface area contributed by atoms with Crippen LogP contribution in [-0.4, -0.2) is 20.4 Å². The summed E-state index contributed by atoms with van der Waals surface area (Å²) in [6, 6.07) is 4.21. The maximum absolute atomic E-state index is 12.4. The van der Waals surface area contributed by atoms with Gasteiger partial charge in [-0.1, -0.05) is 6.07 Å². The Bertz CT molecular complexity index is 735. The van der Waals surface area contributed by atoms with E-state index in [0.29, 0.717) is 12.2 Å². The molecule has 5 nitrogen and oxygen atoms in total. The summed E-state index contributed by atoms with van der Waals surface area (Å²) in [6.07, 6.45) is 9.64. The SMILES string of the molecule is O=C(NCc1ccc2c(n1)CCCC2)c1cnc2n1CCCC2. The highest BCUT2D eigenvalue weighted by atomic mass is 16.1. The minimum absolute atomic E-state index is 0.0508. The monoisotopic (exact) mass is 310 g/mol. The Morgan fingerprint density at radius 2 is 2.00 bits per heavy atom. The zero-order chi connectivity index (χ0) is 15.6. The molecule has 0 saturated carbocycles. The van der Waals surface area contributed by atoms with Crippen molar-refractivity contribution in [3.05, 3.63) is 46.8 Å². The largest absolute Gasteiger partial charge is 0.345 e. The number of carbonyl (C=O) groups excluding carboxylic acids is 1. The molecule has 1 aliphatic carbocycles. The average molecular weight is 310 g/mol. The lowest BCUT2D eigenvalue weighted by Gasteiger charge is -2.17. The molecular formula is C18H22N4O. The number of pyridine rings is 1. The Hall–Kier alpha value is -2.17. The molecule has 4 rings (SSSR count). The second-order valence-corrected chi connectivity index (χ2v) is 6.47. The fraction of sp³-hybridized carbons (Fsp3) is 0.500. The second kappa shape index (κ2) is 6.14. The summed E-state index contributed by atoms with van der Waals surface area (Å²) in [7, 11) is 0. The van der Waals surface area contributed by atoms with E-state index in [2.05, 4.69) is 20.9 Å². The molecule has 1 aliphatic heterocycles. The third-order valence-corrected chi connectivity index (χ3v) is 4.87. The van der Waals surface area contributed by atoms with E-state index in [4.69, 9.17) is 4.98 Å². The lowest BCUT2D eigenvalue weighted by Crippen LogP contribution is -2.27. The summed E-state index contributed by atoms with van der Waals surface area (Å²) in [5.74, 6) is 0.985. The number of aromatic nitrogens is 3. The van der Waals surface area contributed by atoms with Crippen LogP contribution < -0.4 is 5.32 Å². The van der Waals surface area contributed by atoms with Crippen LogP contribution in [0.25, 0.3) is 0 Å². The fourth-order valence-electron chi connectivity index (χ4n) is 3.58. The first-order valence-electron chi connectivity index (χ1n) is 8.61. The molecule has 2 aromatic heterocycles. The summed E-state index contributed by atoms with van der Waals surface area (Å²) < 4.78 is 2.05. The van der Waals surface area contributed by atoms with Gasteiger partial charge in [-0.2, -0.15) is 0 Å². The number of amides is 1. The lowest BCUT2D eigenvalue weighted by molar-refractivity contribution is 0.0940. The summed E-state index contributed by atoms with van der Waals surface area (Å²) in [4.78, 5) is 21.5. The van der Waals surface area contributed by atoms with Crippen LogP contribution in [-0.2, 0) is 32.4 Å². The normalized spacial score (nSPS) is 16.5. The molecule has 0 atom stereocenters. The van der Waals surface area contributed by atoms with Crippen LogP contribution in [0.1, 0.15) is 58.9 Å². The van der Waals surface area contributed by atoms with E-state index in [1.165, 1.54) is 24.1 Å². The molecule has 2 aromatic rings. The molecule has 1 amide bonds. The molecule has 0 saturated heterocycles. The minimum Gasteiger partial charge on any atom is -0.345 e. The number of nitrogens with one attached hydrogen (secondary N) is 1. The first-order valence-corrected chi connectivity index (χ1v) is 8.61. The van der Waals surface area contributed by atoms with E-state index in [9.17, 15) is 4.79 Å². The van der Waals surface area contributed by atoms with Crippen LogP contribution in [0, 0.1) is 0 Å². The van der Waals surface area contributed by atoms with Crippen LogP contribution >= 0.6 is 0 Å². The zero-order valence-electron chi connectivity index (χ0n) is 13.3. The number of nitrogens with zero attached hydrogens (tertiary/aromatic N) is 3. The van der Waals surface area contributed by atoms with Crippen molar-refractivity contribution in [1.29, 1.82) is 0 Å². The van der Waals surface area contributed by atoms with Crippen molar-refractivity contribution in [1.82, 2.24) is 19.9 Å². The van der Waals surface area contributed by atoms with Crippen LogP contribution in [0.5, 0.6) is 0 Å². The molecule has 5 heteroatoms. The third-order valence-electron chi connectivity index (χ3n) is 4.87. The summed E-state index contributed by atoms with van der Waals surface area (Å²) in [5, 5.41) is 3.00. The van der Waals surface area contributed by atoms with Gasteiger partial charge in [0.05, 0.1) is 18.4 Å². The summed E-state index contributed by atoms with van der Waals surface area (Å²) in [6.45, 7) is 1.38. The lowest BCUT2D eigenvalue weighted by atomic mass is 9.96. The van der Waals surface area contributed by atoms with Crippen LogP contribution in [0.2, 0.25) is 0 Å². The molecule has 120 valence electrons. The Morgan fingerprint density at radius 3 is 2.96 bits per heavy atom. The quantitative estimate of drug-likeness (QED) is 0.947. The third kappa shape index (κ3) is 2.87. The summed E-state index contributed by atoms with van der Waals surface area (Å²) in [5.41, 5.74) is 4.20. The number of rotatable bonds is 3. The molecule has 0 fully saturated rings. The second-order valence-electron chi connectivity index (χ2n) is 6.47. The molecule has 2 aliphatic rings. The van der Waals surface area contributed by atoms with E-state index in [1.54, 1.807) is 6.20 Å². The van der Waals surface area contributed by atoms with Crippen molar-refractivity contribution in [3.8, 4) is 0 Å². The molecule has 0 unspecified atom stereocenters. The number of hydrogen-bond donors (Lipinski definition) is 1. The van der Waals surface area contributed by atoms with E-state index >= 15 is 0 Å². The number of hydrogen-bond acceptors (Lipinski definition) is 3. The van der Waals surface area contributed by atoms with Crippen LogP contribution in [0.15, 0.2) is 18.3 Å². The Morgan fingerprint density at radius 1 is 1.13 bits per heavy atom. The van der Waals surface area contributed by atoms with Crippen molar-refractivity contribution in [2.75, 3.05) is 0 Å². The number of fused-ring (bicyclic) bond motifs is 2. The van der Waals surface area contributed by atoms with E-state index < -0.39 is 0 Å². The van der Waals surface area contributed by atoms with Gasteiger partial charge in [-0.05, 0) is 50.2 Å². The predicted octanol–water partition coefficient (Wildman–Crippen LogP) is 2.42. The zero-order valence-corrected chi connectivity index (χ0v) is 13.3. The highest BCUT2D eigenvalue weighted by Crippen LogP contribution is 2.20. The van der Waals surface area contributed by atoms with Gasteiger partial charge in [-0.3, -0.25) is 9.78 Å². The van der Waals surface area contributed by atoms with Gasteiger partial charge in [0.15, 0.2) is 0 Å². The Labute approximate surface area is 136 Å². The van der Waals surface area contributed by atoms with E-state index in [-0.39, 0.29) is 5.91 Å². The maximum atomic E-state index is 12.4. The molecule has 3 heterocycles. The average Bonchev–Trinajstić information content (AvgIpc) is 3.03. The van der Waals surface area contributed by atoms with Gasteiger partial charge in [0.1, 0.15) is 11.5 Å². The molecule has 0 bridgehead atoms. The van der Waals surface area contributed by atoms with E-state index in [1.807, 2.05) is 6.07 Å². The highest BCUT2D eigenvalue weighted by Gasteiger charge is 2.19. The van der Waals surface area contributed by atoms with Gasteiger partial charge in [0.2, 0.25) is 0 Å². The van der Waals surface area contributed by atoms with Gasteiger partial charge in [-0.15, -0.1) is 0 Å². The molecular weight excluding hydrogens is 288 g/mol. The van der Waals surface area contributed by atoms with E-state index in [0.717, 1.165) is 50.2 Å². The van der Waals surface area contributed by atoms with Crippen molar-refractivity contribution in [2.45, 2.75) is 58.0 Å². The van der Waals surface area contributed by atoms with Gasteiger partial charge < -0.3 is 9.88 Å². The van der Waals surface area contributed by atoms with Crippen LogP contribution in [0.4, 0.5) is 0 Å². The molecule has 1 N–H and O–H groups in total. The summed E-state index contributed by atoms with van der Waals surface area (Å²) >= 11 is 0. The van der Waals surface area contributed by atoms with Crippen molar-refractivity contribution < 1.29 is 4.79 Å². The topological polar surface area (TPSA) is 59.8 Å². The molecule has 0 radical (unpaired) electrons. The van der Waals surface area contributed by atoms with Gasteiger partial charge >= 0.3 is 0 Å². The highest BCUT2D eigenvalue weighted by molar-refractivity contribution is 5.92. The fourth-order valence-corrected chi connectivity index (χ4v) is 3.58. The number of imidazole rings is 1. The first kappa shape index (κ1) is 14.4. The number of carbonyl (C=O) groups is 1. The van der Waals surface area contributed by atoms with Crippen molar-refractivity contribution >= 4 is 5.91 Å². The molecule has 0 aromatic carbocycles.